The molecule has 3 aromatic heterocycles. The molecule has 4 heterocycles. The molecule has 5 rings (SSSR count). The van der Waals surface area contributed by atoms with E-state index in [-0.39, 0.29) is 27.9 Å². The van der Waals surface area contributed by atoms with Gasteiger partial charge in [0.25, 0.3) is 5.78 Å². The quantitative estimate of drug-likeness (QED) is 0.0685. The second-order valence-corrected chi connectivity index (χ2v) is 11.5. The number of ether oxygens (including phenoxy) is 3. The highest BCUT2D eigenvalue weighted by Gasteiger charge is 2.49. The molecule has 1 fully saturated rings. The number of aliphatic hydroxyl groups excluding tert-OH is 1. The Hall–Kier alpha value is -4.71. The minimum absolute atomic E-state index is 0.116. The number of carbonyl (C=O) groups is 3. The zero-order valence-corrected chi connectivity index (χ0v) is 27.0. The van der Waals surface area contributed by atoms with Crippen LogP contribution in [0.2, 0.25) is 0 Å². The van der Waals surface area contributed by atoms with E-state index in [0.29, 0.717) is 47.3 Å². The van der Waals surface area contributed by atoms with E-state index in [1.54, 1.807) is 39.0 Å². The summed E-state index contributed by atoms with van der Waals surface area (Å²) in [5.74, 6) is -1.84. The number of pyridine rings is 1. The molecule has 1 aromatic carbocycles. The number of anilines is 1. The van der Waals surface area contributed by atoms with E-state index < -0.39 is 29.5 Å². The monoisotopic (exact) mass is 632 g/mol. The third kappa shape index (κ3) is 5.77. The second kappa shape index (κ2) is 13.1. The topological polar surface area (TPSA) is 133 Å². The smallest absolute Gasteiger partial charge is 0.350 e. The SMILES string of the molecule is CCCCOc1ccc(C2C(=C(O)c3nc4c(C)cccn4c3C)C(=O)C(=O)N2c2nc(C)c(C(=O)OCC)s2)cc1OCC. The molecule has 12 heteroatoms. The highest BCUT2D eigenvalue weighted by molar-refractivity contribution is 7.17. The number of carbonyl (C=O) groups excluding carboxylic acids is 3. The first-order valence-corrected chi connectivity index (χ1v) is 15.7. The standard InChI is InChI=1S/C33H36N4O7S/c1-7-10-16-44-22-14-13-21(17-23(22)42-8-2)26-24(27(38)25-20(6)36-15-11-12-18(4)30(36)35-25)28(39)31(40)37(26)33-34-19(5)29(45-33)32(41)43-9-3/h11-15,17,26,38H,7-10,16H2,1-6H3. The molecule has 0 bridgehead atoms. The minimum Gasteiger partial charge on any atom is -0.505 e. The normalized spacial score (nSPS) is 16.0. The predicted octanol–water partition coefficient (Wildman–Crippen LogP) is 6.10. The van der Waals surface area contributed by atoms with Gasteiger partial charge in [-0.15, -0.1) is 0 Å². The summed E-state index contributed by atoms with van der Waals surface area (Å²) >= 11 is 0.946. The average molecular weight is 633 g/mol. The minimum atomic E-state index is -1.11. The maximum Gasteiger partial charge on any atom is 0.350 e. The van der Waals surface area contributed by atoms with Gasteiger partial charge in [-0.3, -0.25) is 14.5 Å². The Morgan fingerprint density at radius 2 is 1.80 bits per heavy atom. The van der Waals surface area contributed by atoms with Crippen LogP contribution in [0.4, 0.5) is 5.13 Å². The molecular weight excluding hydrogens is 596 g/mol. The third-order valence-corrected chi connectivity index (χ3v) is 8.68. The largest absolute Gasteiger partial charge is 0.505 e. The molecule has 0 aliphatic carbocycles. The summed E-state index contributed by atoms with van der Waals surface area (Å²) < 4.78 is 18.9. The highest BCUT2D eigenvalue weighted by Crippen LogP contribution is 2.46. The van der Waals surface area contributed by atoms with Crippen LogP contribution in [0.25, 0.3) is 11.4 Å². The number of amides is 1. The van der Waals surface area contributed by atoms with Crippen molar-refractivity contribution in [3.8, 4) is 11.5 Å². The molecule has 0 spiro atoms. The number of ketones is 1. The Balaban J connectivity index is 1.72. The van der Waals surface area contributed by atoms with Crippen LogP contribution in [0, 0.1) is 20.8 Å². The number of fused-ring (bicyclic) bond motifs is 1. The lowest BCUT2D eigenvalue weighted by Gasteiger charge is -2.24. The summed E-state index contributed by atoms with van der Waals surface area (Å²) in [7, 11) is 0. The van der Waals surface area contributed by atoms with Crippen molar-refractivity contribution in [2.45, 2.75) is 60.4 Å². The third-order valence-electron chi connectivity index (χ3n) is 7.54. The Kier molecular flexibility index (Phi) is 9.24. The van der Waals surface area contributed by atoms with Gasteiger partial charge in [0.2, 0.25) is 0 Å². The number of aliphatic hydroxyl groups is 1. The maximum absolute atomic E-state index is 13.8. The molecule has 236 valence electrons. The van der Waals surface area contributed by atoms with Gasteiger partial charge in [-0.05, 0) is 70.4 Å². The van der Waals surface area contributed by atoms with Gasteiger partial charge in [0.15, 0.2) is 22.4 Å². The lowest BCUT2D eigenvalue weighted by Crippen LogP contribution is -2.29. The summed E-state index contributed by atoms with van der Waals surface area (Å²) in [6.45, 7) is 11.9. The van der Waals surface area contributed by atoms with Crippen molar-refractivity contribution in [3.05, 3.63) is 75.2 Å². The first-order chi connectivity index (χ1) is 21.6. The molecule has 1 saturated heterocycles. The number of imidazole rings is 1. The van der Waals surface area contributed by atoms with Crippen LogP contribution in [0.5, 0.6) is 11.5 Å². The van der Waals surface area contributed by atoms with Gasteiger partial charge in [0.05, 0.1) is 42.8 Å². The number of Topliss-reactive ketones (excluding diaryl/α,β-unsaturated/α-hetero) is 1. The van der Waals surface area contributed by atoms with Crippen LogP contribution in [0.3, 0.4) is 0 Å². The van der Waals surface area contributed by atoms with E-state index in [4.69, 9.17) is 14.2 Å². The van der Waals surface area contributed by atoms with Crippen molar-refractivity contribution in [1.82, 2.24) is 14.4 Å². The number of hydrogen-bond acceptors (Lipinski definition) is 10. The molecule has 1 aliphatic heterocycles. The highest BCUT2D eigenvalue weighted by atomic mass is 32.1. The molecule has 1 amide bonds. The van der Waals surface area contributed by atoms with Crippen molar-refractivity contribution in [3.63, 3.8) is 0 Å². The lowest BCUT2D eigenvalue weighted by atomic mass is 9.96. The van der Waals surface area contributed by atoms with Gasteiger partial charge in [-0.1, -0.05) is 36.8 Å². The van der Waals surface area contributed by atoms with Crippen LogP contribution in [-0.2, 0) is 14.3 Å². The summed E-state index contributed by atoms with van der Waals surface area (Å²) in [5, 5.41) is 11.9. The maximum atomic E-state index is 13.8. The van der Waals surface area contributed by atoms with Gasteiger partial charge in [-0.25, -0.2) is 14.8 Å². The summed E-state index contributed by atoms with van der Waals surface area (Å²) in [5.41, 5.74) is 2.95. The number of hydrogen-bond donors (Lipinski definition) is 1. The van der Waals surface area contributed by atoms with Crippen LogP contribution >= 0.6 is 11.3 Å². The van der Waals surface area contributed by atoms with E-state index in [1.165, 1.54) is 4.90 Å². The Morgan fingerprint density at radius 1 is 1.02 bits per heavy atom. The lowest BCUT2D eigenvalue weighted by molar-refractivity contribution is -0.132. The van der Waals surface area contributed by atoms with E-state index in [9.17, 15) is 19.5 Å². The van der Waals surface area contributed by atoms with E-state index in [0.717, 1.165) is 29.7 Å². The zero-order chi connectivity index (χ0) is 32.4. The van der Waals surface area contributed by atoms with Crippen LogP contribution in [-0.4, -0.2) is 57.0 Å². The van der Waals surface area contributed by atoms with Gasteiger partial charge in [0, 0.05) is 6.20 Å². The number of nitrogens with zero attached hydrogens (tertiary/aromatic N) is 4. The molecule has 1 N–H and O–H groups in total. The van der Waals surface area contributed by atoms with Crippen LogP contribution in [0.1, 0.15) is 77.5 Å². The number of rotatable bonds is 11. The molecule has 1 unspecified atom stereocenters. The fraction of sp³-hybridized carbons (Fsp3) is 0.364. The number of esters is 1. The van der Waals surface area contributed by atoms with Gasteiger partial charge in [-0.2, -0.15) is 0 Å². The number of benzene rings is 1. The Labute approximate surface area is 265 Å². The van der Waals surface area contributed by atoms with Gasteiger partial charge < -0.3 is 23.7 Å². The van der Waals surface area contributed by atoms with Crippen molar-refractivity contribution in [2.75, 3.05) is 24.7 Å². The van der Waals surface area contributed by atoms with Gasteiger partial charge >= 0.3 is 11.9 Å². The van der Waals surface area contributed by atoms with E-state index >= 15 is 0 Å². The summed E-state index contributed by atoms with van der Waals surface area (Å²) in [6, 6.07) is 7.82. The summed E-state index contributed by atoms with van der Waals surface area (Å²) in [4.78, 5) is 50.9. The molecule has 0 radical (unpaired) electrons. The second-order valence-electron chi connectivity index (χ2n) is 10.6. The summed E-state index contributed by atoms with van der Waals surface area (Å²) in [6.07, 6.45) is 3.63. The molecule has 4 aromatic rings. The molecular formula is C33H36N4O7S. The molecule has 1 atom stereocenters. The molecule has 45 heavy (non-hydrogen) atoms. The fourth-order valence-electron chi connectivity index (χ4n) is 5.30. The van der Waals surface area contributed by atoms with E-state index in [1.807, 2.05) is 36.6 Å². The average Bonchev–Trinajstić information content (AvgIpc) is 3.65. The molecule has 11 nitrogen and oxygen atoms in total. The first-order valence-electron chi connectivity index (χ1n) is 14.9. The number of thiazole rings is 1. The first kappa shape index (κ1) is 31.7. The Morgan fingerprint density at radius 3 is 2.49 bits per heavy atom. The number of aromatic nitrogens is 3. The predicted molar refractivity (Wildman–Crippen MR) is 170 cm³/mol. The molecule has 0 saturated carbocycles. The van der Waals surface area contributed by atoms with Crippen LogP contribution in [0.15, 0.2) is 42.1 Å². The number of unbranched alkanes of at least 4 members (excludes halogenated alkanes) is 1. The van der Waals surface area contributed by atoms with Crippen molar-refractivity contribution in [1.29, 1.82) is 0 Å². The van der Waals surface area contributed by atoms with E-state index in [2.05, 4.69) is 16.9 Å². The zero-order valence-electron chi connectivity index (χ0n) is 26.2. The van der Waals surface area contributed by atoms with Crippen molar-refractivity contribution >= 4 is 45.5 Å². The van der Waals surface area contributed by atoms with Crippen molar-refractivity contribution in [2.24, 2.45) is 0 Å². The van der Waals surface area contributed by atoms with Crippen molar-refractivity contribution < 1.29 is 33.7 Å². The van der Waals surface area contributed by atoms with Gasteiger partial charge in [0.1, 0.15) is 16.2 Å². The molecule has 1 aliphatic rings. The number of aryl methyl sites for hydroxylation is 3. The fourth-order valence-corrected chi connectivity index (χ4v) is 6.29. The Bertz CT molecular complexity index is 1820. The van der Waals surface area contributed by atoms with Crippen LogP contribution < -0.4 is 14.4 Å².